The molecule has 3 rings (SSSR count). The quantitative estimate of drug-likeness (QED) is 0.660. The average molecular weight is 363 g/mol. The van der Waals surface area contributed by atoms with E-state index in [1.807, 2.05) is 38.1 Å². The van der Waals surface area contributed by atoms with E-state index in [4.69, 9.17) is 25.7 Å². The lowest BCUT2D eigenvalue weighted by atomic mass is 9.97. The number of benzene rings is 2. The lowest BCUT2D eigenvalue weighted by molar-refractivity contribution is 0.0764. The normalized spacial score (nSPS) is 15.1. The summed E-state index contributed by atoms with van der Waals surface area (Å²) < 4.78 is 10.7. The highest BCUT2D eigenvalue weighted by Crippen LogP contribution is 2.33. The predicted molar refractivity (Wildman–Crippen MR) is 95.4 cm³/mol. The SMILES string of the molecule is CC1(C)N=C(c2ccc(Cl)cc2)c2ccc(C(=O)OSN)cc2O1. The number of carbonyl (C=O) groups is 1. The van der Waals surface area contributed by atoms with Crippen LogP contribution in [-0.4, -0.2) is 17.4 Å². The van der Waals surface area contributed by atoms with Crippen LogP contribution < -0.4 is 9.88 Å². The molecule has 5 nitrogen and oxygen atoms in total. The summed E-state index contributed by atoms with van der Waals surface area (Å²) in [6, 6.07) is 12.5. The van der Waals surface area contributed by atoms with Crippen molar-refractivity contribution in [2.45, 2.75) is 19.6 Å². The van der Waals surface area contributed by atoms with E-state index in [-0.39, 0.29) is 0 Å². The van der Waals surface area contributed by atoms with Gasteiger partial charge in [-0.2, -0.15) is 0 Å². The molecule has 1 aliphatic heterocycles. The van der Waals surface area contributed by atoms with Gasteiger partial charge >= 0.3 is 5.97 Å². The second-order valence-corrected chi connectivity index (χ2v) is 6.49. The number of hydrogen-bond acceptors (Lipinski definition) is 6. The van der Waals surface area contributed by atoms with Crippen molar-refractivity contribution in [1.29, 1.82) is 0 Å². The minimum atomic E-state index is -0.757. The number of halogens is 1. The summed E-state index contributed by atoms with van der Waals surface area (Å²) >= 11 is 6.48. The van der Waals surface area contributed by atoms with Gasteiger partial charge in [-0.05, 0) is 44.2 Å². The molecule has 0 spiro atoms. The molecule has 0 saturated carbocycles. The largest absolute Gasteiger partial charge is 0.466 e. The molecule has 0 saturated heterocycles. The summed E-state index contributed by atoms with van der Waals surface area (Å²) in [5.74, 6) is 0.0404. The molecule has 0 bridgehead atoms. The van der Waals surface area contributed by atoms with Crippen LogP contribution in [0, 0.1) is 0 Å². The number of hydrogen-bond donors (Lipinski definition) is 1. The summed E-state index contributed by atoms with van der Waals surface area (Å²) in [6.07, 6.45) is 0. The second kappa shape index (κ2) is 6.47. The average Bonchev–Trinajstić information content (AvgIpc) is 2.53. The first kappa shape index (κ1) is 16.8. The highest BCUT2D eigenvalue weighted by atomic mass is 35.5. The molecule has 0 fully saturated rings. The van der Waals surface area contributed by atoms with Gasteiger partial charge < -0.3 is 8.92 Å². The summed E-state index contributed by atoms with van der Waals surface area (Å²) in [6.45, 7) is 3.71. The standard InChI is InChI=1S/C17H15ClN2O3S/c1-17(2)20-15(10-3-6-12(18)7-4-10)13-8-5-11(9-14(13)22-17)16(21)23-24-19/h3-9H,19H2,1-2H3. The van der Waals surface area contributed by atoms with Gasteiger partial charge in [-0.1, -0.05) is 23.7 Å². The maximum Gasteiger partial charge on any atom is 0.351 e. The van der Waals surface area contributed by atoms with Gasteiger partial charge in [0.2, 0.25) is 0 Å². The van der Waals surface area contributed by atoms with Gasteiger partial charge in [0.25, 0.3) is 0 Å². The zero-order chi connectivity index (χ0) is 17.3. The lowest BCUT2D eigenvalue weighted by Gasteiger charge is -2.30. The van der Waals surface area contributed by atoms with E-state index in [0.29, 0.717) is 28.6 Å². The van der Waals surface area contributed by atoms with E-state index < -0.39 is 11.7 Å². The van der Waals surface area contributed by atoms with Crippen molar-refractivity contribution in [3.63, 3.8) is 0 Å². The Morgan fingerprint density at radius 1 is 1.25 bits per heavy atom. The van der Waals surface area contributed by atoms with E-state index in [1.54, 1.807) is 18.2 Å². The number of ether oxygens (including phenoxy) is 1. The molecule has 0 amide bonds. The van der Waals surface area contributed by atoms with Gasteiger partial charge in [0.05, 0.1) is 11.3 Å². The number of carbonyl (C=O) groups excluding carboxylic acids is 1. The van der Waals surface area contributed by atoms with Crippen LogP contribution in [0.1, 0.15) is 35.3 Å². The fraction of sp³-hybridized carbons (Fsp3) is 0.176. The zero-order valence-corrected chi connectivity index (χ0v) is 14.6. The number of rotatable bonds is 3. The smallest absolute Gasteiger partial charge is 0.351 e. The molecule has 2 aromatic carbocycles. The third-order valence-corrected chi connectivity index (χ3v) is 3.95. The van der Waals surface area contributed by atoms with Crippen LogP contribution in [0.3, 0.4) is 0 Å². The molecular weight excluding hydrogens is 348 g/mol. The molecule has 0 unspecified atom stereocenters. The third kappa shape index (κ3) is 3.40. The second-order valence-electron chi connectivity index (χ2n) is 5.69. The van der Waals surface area contributed by atoms with Crippen molar-refractivity contribution in [3.05, 3.63) is 64.2 Å². The Morgan fingerprint density at radius 3 is 2.62 bits per heavy atom. The molecule has 1 heterocycles. The highest BCUT2D eigenvalue weighted by molar-refractivity contribution is 7.92. The van der Waals surface area contributed by atoms with E-state index in [9.17, 15) is 4.79 Å². The van der Waals surface area contributed by atoms with Gasteiger partial charge in [0, 0.05) is 16.1 Å². The molecule has 2 aromatic rings. The molecule has 0 radical (unpaired) electrons. The maximum absolute atomic E-state index is 11.9. The molecule has 124 valence electrons. The minimum Gasteiger partial charge on any atom is -0.466 e. The fourth-order valence-electron chi connectivity index (χ4n) is 2.47. The summed E-state index contributed by atoms with van der Waals surface area (Å²) in [7, 11) is 0. The third-order valence-electron chi connectivity index (χ3n) is 3.45. The lowest BCUT2D eigenvalue weighted by Crippen LogP contribution is -2.32. The van der Waals surface area contributed by atoms with Crippen molar-refractivity contribution in [1.82, 2.24) is 0 Å². The summed E-state index contributed by atoms with van der Waals surface area (Å²) in [5, 5.41) is 5.83. The van der Waals surface area contributed by atoms with Gasteiger partial charge in [0.1, 0.15) is 18.0 Å². The van der Waals surface area contributed by atoms with Crippen LogP contribution in [0.4, 0.5) is 0 Å². The van der Waals surface area contributed by atoms with E-state index in [2.05, 4.69) is 4.99 Å². The molecule has 0 atom stereocenters. The first-order valence-electron chi connectivity index (χ1n) is 7.16. The van der Waals surface area contributed by atoms with Crippen LogP contribution in [0.2, 0.25) is 5.02 Å². The Hall–Kier alpha value is -2.02. The van der Waals surface area contributed by atoms with E-state index in [0.717, 1.165) is 16.8 Å². The van der Waals surface area contributed by atoms with Crippen molar-refractivity contribution < 1.29 is 13.7 Å². The Morgan fingerprint density at radius 2 is 1.96 bits per heavy atom. The van der Waals surface area contributed by atoms with Crippen LogP contribution in [0.5, 0.6) is 5.75 Å². The van der Waals surface area contributed by atoms with Crippen molar-refractivity contribution in [3.8, 4) is 5.75 Å². The first-order chi connectivity index (χ1) is 11.4. The predicted octanol–water partition coefficient (Wildman–Crippen LogP) is 3.98. The number of aliphatic imine (C=N–C) groups is 1. The van der Waals surface area contributed by atoms with Crippen molar-refractivity contribution >= 4 is 35.5 Å². The van der Waals surface area contributed by atoms with Gasteiger partial charge in [0.15, 0.2) is 5.72 Å². The number of fused-ring (bicyclic) bond motifs is 1. The highest BCUT2D eigenvalue weighted by Gasteiger charge is 2.29. The topological polar surface area (TPSA) is 73.9 Å². The van der Waals surface area contributed by atoms with Crippen LogP contribution in [0.15, 0.2) is 47.5 Å². The van der Waals surface area contributed by atoms with Gasteiger partial charge in [-0.15, -0.1) is 0 Å². The summed E-state index contributed by atoms with van der Waals surface area (Å²) in [5.41, 5.74) is 2.11. The molecule has 7 heteroatoms. The molecule has 1 aliphatic rings. The van der Waals surface area contributed by atoms with Crippen molar-refractivity contribution in [2.75, 3.05) is 0 Å². The summed E-state index contributed by atoms with van der Waals surface area (Å²) in [4.78, 5) is 16.5. The Labute approximate surface area is 149 Å². The van der Waals surface area contributed by atoms with Gasteiger partial charge in [-0.3, -0.25) is 0 Å². The van der Waals surface area contributed by atoms with Gasteiger partial charge in [-0.25, -0.2) is 14.9 Å². The monoisotopic (exact) mass is 362 g/mol. The van der Waals surface area contributed by atoms with E-state index >= 15 is 0 Å². The number of nitrogens with two attached hydrogens (primary N) is 1. The first-order valence-corrected chi connectivity index (χ1v) is 8.35. The molecule has 0 aliphatic carbocycles. The minimum absolute atomic E-state index is 0.361. The Balaban J connectivity index is 2.07. The number of nitrogens with zero attached hydrogens (tertiary/aromatic N) is 1. The van der Waals surface area contributed by atoms with E-state index in [1.165, 1.54) is 0 Å². The Kier molecular flexibility index (Phi) is 4.54. The van der Waals surface area contributed by atoms with Crippen LogP contribution >= 0.6 is 23.8 Å². The zero-order valence-electron chi connectivity index (χ0n) is 13.1. The van der Waals surface area contributed by atoms with Crippen molar-refractivity contribution in [2.24, 2.45) is 10.1 Å². The fourth-order valence-corrected chi connectivity index (χ4v) is 2.78. The Bertz CT molecular complexity index is 819. The molecule has 0 aromatic heterocycles. The van der Waals surface area contributed by atoms with Crippen LogP contribution in [-0.2, 0) is 4.18 Å². The maximum atomic E-state index is 11.9. The molecule has 24 heavy (non-hydrogen) atoms. The molecule has 2 N–H and O–H groups in total. The van der Waals surface area contributed by atoms with Crippen LogP contribution in [0.25, 0.3) is 0 Å². The molecular formula is C17H15ClN2O3S.